The van der Waals surface area contributed by atoms with E-state index in [2.05, 4.69) is 26.4 Å². The summed E-state index contributed by atoms with van der Waals surface area (Å²) in [7, 11) is 1.98. The van der Waals surface area contributed by atoms with Crippen molar-refractivity contribution in [2.45, 2.75) is 51.0 Å². The van der Waals surface area contributed by atoms with Gasteiger partial charge < -0.3 is 19.4 Å². The van der Waals surface area contributed by atoms with E-state index in [1.54, 1.807) is 40.1 Å². The zero-order chi connectivity index (χ0) is 32.9. The quantitative estimate of drug-likeness (QED) is 0.265. The lowest BCUT2D eigenvalue weighted by Crippen LogP contribution is -2.58. The predicted octanol–water partition coefficient (Wildman–Crippen LogP) is 5.09. The first-order valence-corrected chi connectivity index (χ1v) is 15.4. The molecule has 2 aromatic carbocycles. The number of carbonyl (C=O) groups is 1. The Kier molecular flexibility index (Phi) is 8.40. The normalized spacial score (nSPS) is 20.9. The van der Waals surface area contributed by atoms with Crippen LogP contribution in [0.3, 0.4) is 0 Å². The van der Waals surface area contributed by atoms with Crippen molar-refractivity contribution in [3.8, 4) is 11.7 Å². The number of fused-ring (bicyclic) bond motifs is 2. The number of amides is 1. The maximum atomic E-state index is 14.9. The fourth-order valence-corrected chi connectivity index (χ4v) is 6.84. The zero-order valence-electron chi connectivity index (χ0n) is 25.6. The number of alkyl halides is 3. The van der Waals surface area contributed by atoms with Crippen molar-refractivity contribution in [3.63, 3.8) is 0 Å². The Morgan fingerprint density at radius 1 is 1.09 bits per heavy atom. The molecule has 1 amide bonds. The highest BCUT2D eigenvalue weighted by atomic mass is 35.5. The Morgan fingerprint density at radius 2 is 1.78 bits per heavy atom. The molecule has 0 aliphatic carbocycles. The summed E-state index contributed by atoms with van der Waals surface area (Å²) in [5.41, 5.74) is -1.77. The van der Waals surface area contributed by atoms with E-state index in [-0.39, 0.29) is 70.6 Å². The van der Waals surface area contributed by atoms with Crippen molar-refractivity contribution >= 4 is 45.1 Å². The van der Waals surface area contributed by atoms with E-state index in [9.17, 15) is 22.8 Å². The Morgan fingerprint density at radius 3 is 2.41 bits per heavy atom. The van der Waals surface area contributed by atoms with Crippen molar-refractivity contribution < 1.29 is 22.7 Å². The number of halogens is 4. The Balaban J connectivity index is 1.60. The van der Waals surface area contributed by atoms with Gasteiger partial charge >= 0.3 is 12.2 Å². The van der Waals surface area contributed by atoms with Crippen LogP contribution in [-0.2, 0) is 11.0 Å². The summed E-state index contributed by atoms with van der Waals surface area (Å²) >= 11 is 6.49. The lowest BCUT2D eigenvalue weighted by atomic mass is 10.1. The molecule has 2 saturated heterocycles. The molecule has 2 aliphatic rings. The van der Waals surface area contributed by atoms with Gasteiger partial charge in [0.15, 0.2) is 11.3 Å². The van der Waals surface area contributed by atoms with E-state index in [1.165, 1.54) is 12.1 Å². The molecule has 6 rings (SSSR count). The number of likely N-dealkylation sites (tertiary alicyclic amines) is 1. The number of benzene rings is 2. The van der Waals surface area contributed by atoms with Gasteiger partial charge in [-0.25, -0.2) is 4.98 Å². The molecule has 242 valence electrons. The summed E-state index contributed by atoms with van der Waals surface area (Å²) in [5.74, 6) is -1.68. The third-order valence-electron chi connectivity index (χ3n) is 8.73. The van der Waals surface area contributed by atoms with Gasteiger partial charge in [-0.15, -0.1) is 0 Å². The molecule has 2 fully saturated rings. The third-order valence-corrected chi connectivity index (χ3v) is 9.05. The van der Waals surface area contributed by atoms with Crippen LogP contribution in [0.1, 0.15) is 32.5 Å². The van der Waals surface area contributed by atoms with Crippen LogP contribution in [0.4, 0.5) is 19.0 Å². The van der Waals surface area contributed by atoms with Crippen molar-refractivity contribution in [1.29, 1.82) is 0 Å². The average Bonchev–Trinajstić information content (AvgIpc) is 3.43. The van der Waals surface area contributed by atoms with E-state index in [0.717, 1.165) is 19.4 Å². The minimum Gasteiger partial charge on any atom is -0.462 e. The molecular formula is C32H33ClF3N7O3. The SMILES string of the molecule is C=CC(=O)N1C[C@H](C)N(c2nc(OC[C@@H]3CCCN3C)nc3c(=O)n(-c4cccc5cccc(Cl)c45)c(C(F)(F)F)nc23)[C@@H](C)C1. The number of rotatable bonds is 6. The summed E-state index contributed by atoms with van der Waals surface area (Å²) in [6.07, 6.45) is -1.92. The highest BCUT2D eigenvalue weighted by Gasteiger charge is 2.41. The molecule has 2 aromatic heterocycles. The van der Waals surface area contributed by atoms with Crippen LogP contribution in [0.2, 0.25) is 5.02 Å². The van der Waals surface area contributed by atoms with Crippen molar-refractivity contribution in [1.82, 2.24) is 29.3 Å². The second-order valence-electron chi connectivity index (χ2n) is 11.9. The number of ether oxygens (including phenoxy) is 1. The van der Waals surface area contributed by atoms with Crippen molar-refractivity contribution in [3.05, 3.63) is 70.3 Å². The maximum Gasteiger partial charge on any atom is 0.450 e. The molecule has 4 heterocycles. The Labute approximate surface area is 268 Å². The van der Waals surface area contributed by atoms with Gasteiger partial charge in [-0.05, 0) is 63.9 Å². The molecule has 0 spiro atoms. The standard InChI is InChI=1S/C32H33ClF3N7O3/c1-5-24(44)41-15-18(2)42(19(3)16-41)28-26-27(38-31(39-28)46-17-21-11-8-14-40(21)4)29(45)43(30(37-26)32(34,35)36)23-13-7-10-20-9-6-12-22(33)25(20)23/h5-7,9-10,12-13,18-19,21H,1,8,11,14-17H2,2-4H3/t18-,19-,21-/m0/s1. The van der Waals surface area contributed by atoms with Gasteiger partial charge in [0.2, 0.25) is 11.7 Å². The molecule has 3 atom stereocenters. The lowest BCUT2D eigenvalue weighted by molar-refractivity contribution is -0.146. The van der Waals surface area contributed by atoms with Gasteiger partial charge in [0.05, 0.1) is 10.7 Å². The number of anilines is 1. The van der Waals surface area contributed by atoms with Gasteiger partial charge in [0.1, 0.15) is 12.1 Å². The summed E-state index contributed by atoms with van der Waals surface area (Å²) in [6.45, 7) is 8.86. The van der Waals surface area contributed by atoms with Gasteiger partial charge in [-0.3, -0.25) is 14.2 Å². The van der Waals surface area contributed by atoms with Crippen LogP contribution >= 0.6 is 11.6 Å². The monoisotopic (exact) mass is 655 g/mol. The van der Waals surface area contributed by atoms with Gasteiger partial charge in [0.25, 0.3) is 5.56 Å². The first kappa shape index (κ1) is 31.7. The highest BCUT2D eigenvalue weighted by molar-refractivity contribution is 6.36. The second-order valence-corrected chi connectivity index (χ2v) is 12.3. The minimum atomic E-state index is -5.04. The molecular weight excluding hydrogens is 623 g/mol. The minimum absolute atomic E-state index is 0.0242. The Hall–Kier alpha value is -4.23. The van der Waals surface area contributed by atoms with Crippen LogP contribution in [0, 0.1) is 0 Å². The number of carbonyl (C=O) groups excluding carboxylic acids is 1. The van der Waals surface area contributed by atoms with Crippen molar-refractivity contribution in [2.75, 3.05) is 38.2 Å². The van der Waals surface area contributed by atoms with Crippen LogP contribution in [0.25, 0.3) is 27.5 Å². The first-order chi connectivity index (χ1) is 21.9. The van der Waals surface area contributed by atoms with Crippen LogP contribution in [0.5, 0.6) is 6.01 Å². The molecule has 0 bridgehead atoms. The van der Waals surface area contributed by atoms with Crippen LogP contribution in [-0.4, -0.2) is 86.6 Å². The van der Waals surface area contributed by atoms with E-state index in [0.29, 0.717) is 9.95 Å². The number of piperazine rings is 1. The molecule has 0 unspecified atom stereocenters. The summed E-state index contributed by atoms with van der Waals surface area (Å²) < 4.78 is 51.2. The number of aromatic nitrogens is 4. The zero-order valence-corrected chi connectivity index (χ0v) is 26.3. The molecule has 2 aliphatic heterocycles. The topological polar surface area (TPSA) is 96.7 Å². The predicted molar refractivity (Wildman–Crippen MR) is 170 cm³/mol. The van der Waals surface area contributed by atoms with E-state index >= 15 is 0 Å². The highest BCUT2D eigenvalue weighted by Crippen LogP contribution is 2.36. The smallest absolute Gasteiger partial charge is 0.450 e. The summed E-state index contributed by atoms with van der Waals surface area (Å²) in [6, 6.07) is 8.70. The maximum absolute atomic E-state index is 14.9. The number of nitrogens with zero attached hydrogens (tertiary/aromatic N) is 7. The van der Waals surface area contributed by atoms with Crippen molar-refractivity contribution in [2.24, 2.45) is 0 Å². The van der Waals surface area contributed by atoms with E-state index in [4.69, 9.17) is 16.3 Å². The molecule has 46 heavy (non-hydrogen) atoms. The largest absolute Gasteiger partial charge is 0.462 e. The lowest BCUT2D eigenvalue weighted by Gasteiger charge is -2.45. The molecule has 0 N–H and O–H groups in total. The fourth-order valence-electron chi connectivity index (χ4n) is 6.56. The second kappa shape index (κ2) is 12.2. The first-order valence-electron chi connectivity index (χ1n) is 15.0. The van der Waals surface area contributed by atoms with Crippen LogP contribution in [0.15, 0.2) is 53.8 Å². The number of hydrogen-bond acceptors (Lipinski definition) is 8. The molecule has 0 saturated carbocycles. The third kappa shape index (κ3) is 5.66. The molecule has 4 aromatic rings. The molecule has 0 radical (unpaired) electrons. The van der Waals surface area contributed by atoms with Gasteiger partial charge in [-0.1, -0.05) is 42.4 Å². The number of hydrogen-bond donors (Lipinski definition) is 0. The average molecular weight is 656 g/mol. The van der Waals surface area contributed by atoms with Gasteiger partial charge in [-0.2, -0.15) is 23.1 Å². The van der Waals surface area contributed by atoms with E-state index < -0.39 is 29.6 Å². The Bertz CT molecular complexity index is 1880. The number of likely N-dealkylation sites (N-methyl/N-ethyl adjacent to an activating group) is 1. The summed E-state index contributed by atoms with van der Waals surface area (Å²) in [4.78, 5) is 45.4. The van der Waals surface area contributed by atoms with E-state index in [1.807, 2.05) is 20.9 Å². The van der Waals surface area contributed by atoms with Crippen LogP contribution < -0.4 is 15.2 Å². The molecule has 10 nitrogen and oxygen atoms in total. The molecule has 14 heteroatoms. The summed E-state index contributed by atoms with van der Waals surface area (Å²) in [5, 5.41) is 0.990. The fraction of sp³-hybridized carbons (Fsp3) is 0.406. The van der Waals surface area contributed by atoms with Gasteiger partial charge in [0, 0.05) is 36.6 Å².